The quantitative estimate of drug-likeness (QED) is 0.364. The lowest BCUT2D eigenvalue weighted by molar-refractivity contribution is -0.139. The maximum atomic E-state index is 13.6. The molecule has 0 fully saturated rings. The molecule has 1 aromatic heterocycles. The van der Waals surface area contributed by atoms with Crippen molar-refractivity contribution >= 4 is 46.0 Å². The van der Waals surface area contributed by atoms with E-state index in [1.807, 2.05) is 53.8 Å². The Balaban J connectivity index is 1.95. The average molecular weight is 590 g/mol. The molecule has 1 aliphatic heterocycles. The largest absolute Gasteiger partial charge is 0.504 e. The van der Waals surface area contributed by atoms with Crippen LogP contribution < -0.4 is 19.6 Å². The number of halogens is 1. The van der Waals surface area contributed by atoms with Gasteiger partial charge in [0.1, 0.15) is 0 Å². The number of nitrogens with zero attached hydrogens (tertiary/aromatic N) is 2. The second-order valence-corrected chi connectivity index (χ2v) is 9.94. The first kappa shape index (κ1) is 24.2. The van der Waals surface area contributed by atoms with E-state index < -0.39 is 12.0 Å². The molecule has 7 nitrogen and oxygen atoms in total. The molecular weight excluding hydrogens is 567 g/mol. The second kappa shape index (κ2) is 9.75. The van der Waals surface area contributed by atoms with Gasteiger partial charge in [0, 0.05) is 0 Å². The number of hydrogen-bond acceptors (Lipinski definition) is 7. The molecule has 4 rings (SSSR count). The van der Waals surface area contributed by atoms with Gasteiger partial charge in [-0.3, -0.25) is 9.36 Å². The smallest absolute Gasteiger partial charge is 0.338 e. The molecular formula is C25H23IN2O5S. The number of allylic oxidation sites excluding steroid dienone is 1. The van der Waals surface area contributed by atoms with Crippen LogP contribution in [-0.2, 0) is 9.53 Å². The molecule has 1 N–H and O–H groups in total. The van der Waals surface area contributed by atoms with E-state index >= 15 is 0 Å². The zero-order valence-corrected chi connectivity index (χ0v) is 22.1. The first-order chi connectivity index (χ1) is 16.2. The van der Waals surface area contributed by atoms with E-state index in [2.05, 4.69) is 4.99 Å². The number of carbonyl (C=O) groups excluding carboxylic acids is 1. The maximum Gasteiger partial charge on any atom is 0.338 e. The Morgan fingerprint density at radius 3 is 2.62 bits per heavy atom. The SMILES string of the molecule is CCOC(=O)C1=C(C)N=c2s/c(=C\c3cc(I)c(O)c(OC)c3)c(=O)n2[C@@H]1c1ccc(C)cc1. The van der Waals surface area contributed by atoms with Crippen LogP contribution in [0.4, 0.5) is 0 Å². The predicted octanol–water partition coefficient (Wildman–Crippen LogP) is 3.43. The van der Waals surface area contributed by atoms with Crippen molar-refractivity contribution < 1.29 is 19.4 Å². The third-order valence-electron chi connectivity index (χ3n) is 5.48. The predicted molar refractivity (Wildman–Crippen MR) is 139 cm³/mol. The Morgan fingerprint density at radius 2 is 1.97 bits per heavy atom. The molecule has 0 bridgehead atoms. The van der Waals surface area contributed by atoms with Crippen molar-refractivity contribution in [3.05, 3.63) is 87.6 Å². The van der Waals surface area contributed by atoms with Crippen LogP contribution in [0, 0.1) is 10.5 Å². The topological polar surface area (TPSA) is 90.1 Å². The molecule has 0 amide bonds. The number of rotatable bonds is 5. The molecule has 0 saturated heterocycles. The van der Waals surface area contributed by atoms with Gasteiger partial charge in [0.2, 0.25) is 0 Å². The Kier molecular flexibility index (Phi) is 6.94. The Hall–Kier alpha value is -2.92. The van der Waals surface area contributed by atoms with E-state index in [-0.39, 0.29) is 17.9 Å². The Bertz CT molecular complexity index is 1490. The fraction of sp³-hybridized carbons (Fsp3) is 0.240. The summed E-state index contributed by atoms with van der Waals surface area (Å²) < 4.78 is 13.2. The fourth-order valence-electron chi connectivity index (χ4n) is 3.84. The first-order valence-electron chi connectivity index (χ1n) is 10.6. The van der Waals surface area contributed by atoms with Gasteiger partial charge in [-0.2, -0.15) is 0 Å². The van der Waals surface area contributed by atoms with Crippen molar-refractivity contribution in [2.24, 2.45) is 4.99 Å². The number of carbonyl (C=O) groups is 1. The normalized spacial score (nSPS) is 15.7. The summed E-state index contributed by atoms with van der Waals surface area (Å²) >= 11 is 3.26. The van der Waals surface area contributed by atoms with Crippen molar-refractivity contribution in [3.63, 3.8) is 0 Å². The summed E-state index contributed by atoms with van der Waals surface area (Å²) in [6.45, 7) is 5.72. The van der Waals surface area contributed by atoms with E-state index in [1.165, 1.54) is 18.4 Å². The van der Waals surface area contributed by atoms with Crippen molar-refractivity contribution in [3.8, 4) is 11.5 Å². The number of phenols is 1. The van der Waals surface area contributed by atoms with Crippen LogP contribution in [0.25, 0.3) is 6.08 Å². The number of fused-ring (bicyclic) bond motifs is 1. The number of thiazole rings is 1. The summed E-state index contributed by atoms with van der Waals surface area (Å²) in [5, 5.41) is 10.1. The number of aromatic hydroxyl groups is 1. The molecule has 176 valence electrons. The molecule has 1 atom stereocenters. The van der Waals surface area contributed by atoms with Gasteiger partial charge in [-0.05, 0) is 72.7 Å². The highest BCUT2D eigenvalue weighted by Crippen LogP contribution is 2.33. The summed E-state index contributed by atoms with van der Waals surface area (Å²) in [5.41, 5.74) is 3.20. The first-order valence-corrected chi connectivity index (χ1v) is 12.5. The van der Waals surface area contributed by atoms with E-state index in [9.17, 15) is 14.7 Å². The van der Waals surface area contributed by atoms with Gasteiger partial charge in [-0.15, -0.1) is 0 Å². The molecule has 1 aliphatic rings. The number of phenolic OH excluding ortho intramolecular Hbond substituents is 1. The average Bonchev–Trinajstić information content (AvgIpc) is 3.10. The fourth-order valence-corrected chi connectivity index (χ4v) is 5.51. The van der Waals surface area contributed by atoms with Crippen molar-refractivity contribution in [1.29, 1.82) is 0 Å². The third kappa shape index (κ3) is 4.41. The monoisotopic (exact) mass is 590 g/mol. The minimum Gasteiger partial charge on any atom is -0.504 e. The molecule has 2 heterocycles. The zero-order valence-electron chi connectivity index (χ0n) is 19.1. The van der Waals surface area contributed by atoms with E-state index in [4.69, 9.17) is 9.47 Å². The van der Waals surface area contributed by atoms with Crippen LogP contribution in [0.1, 0.15) is 36.6 Å². The molecule has 2 aromatic carbocycles. The van der Waals surface area contributed by atoms with Crippen LogP contribution >= 0.6 is 33.9 Å². The van der Waals surface area contributed by atoms with E-state index in [1.54, 1.807) is 36.6 Å². The molecule has 0 spiro atoms. The zero-order chi connectivity index (χ0) is 24.6. The molecule has 9 heteroatoms. The van der Waals surface area contributed by atoms with Crippen molar-refractivity contribution in [2.75, 3.05) is 13.7 Å². The minimum absolute atomic E-state index is 0.0517. The van der Waals surface area contributed by atoms with Crippen LogP contribution in [0.5, 0.6) is 11.5 Å². The number of aryl methyl sites for hydroxylation is 1. The lowest BCUT2D eigenvalue weighted by Crippen LogP contribution is -2.39. The number of methoxy groups -OCH3 is 1. The standard InChI is InChI=1S/C25H23IN2O5S/c1-5-33-24(31)20-14(3)27-25-28(21(20)16-8-6-13(2)7-9-16)23(30)19(34-25)12-15-10-17(26)22(29)18(11-15)32-4/h6-12,21,29H,5H2,1-4H3/b19-12-/t21-/m1/s1. The number of benzene rings is 2. The number of ether oxygens (including phenoxy) is 2. The van der Waals surface area contributed by atoms with Gasteiger partial charge in [0.05, 0.1) is 39.1 Å². The molecule has 0 radical (unpaired) electrons. The molecule has 0 aliphatic carbocycles. The highest BCUT2D eigenvalue weighted by atomic mass is 127. The number of aromatic nitrogens is 1. The highest BCUT2D eigenvalue weighted by molar-refractivity contribution is 14.1. The second-order valence-electron chi connectivity index (χ2n) is 7.77. The Labute approximate surface area is 213 Å². The molecule has 3 aromatic rings. The van der Waals surface area contributed by atoms with Crippen LogP contribution in [0.2, 0.25) is 0 Å². The Morgan fingerprint density at radius 1 is 1.26 bits per heavy atom. The van der Waals surface area contributed by atoms with Crippen LogP contribution in [0.15, 0.2) is 57.5 Å². The van der Waals surface area contributed by atoms with E-state index in [0.29, 0.717) is 35.5 Å². The summed E-state index contributed by atoms with van der Waals surface area (Å²) in [6, 6.07) is 10.5. The van der Waals surface area contributed by atoms with Crippen LogP contribution in [-0.4, -0.2) is 29.4 Å². The summed E-state index contributed by atoms with van der Waals surface area (Å²) in [6.07, 6.45) is 1.74. The highest BCUT2D eigenvalue weighted by Gasteiger charge is 2.33. The van der Waals surface area contributed by atoms with Gasteiger partial charge in [0.15, 0.2) is 16.3 Å². The lowest BCUT2D eigenvalue weighted by atomic mass is 9.95. The van der Waals surface area contributed by atoms with Crippen LogP contribution in [0.3, 0.4) is 0 Å². The molecule has 34 heavy (non-hydrogen) atoms. The van der Waals surface area contributed by atoms with Gasteiger partial charge in [0.25, 0.3) is 5.56 Å². The minimum atomic E-state index is -0.646. The summed E-state index contributed by atoms with van der Waals surface area (Å²) in [5.74, 6) is -0.110. The number of hydrogen-bond donors (Lipinski definition) is 1. The number of esters is 1. The van der Waals surface area contributed by atoms with Gasteiger partial charge < -0.3 is 14.6 Å². The van der Waals surface area contributed by atoms with E-state index in [0.717, 1.165) is 11.1 Å². The van der Waals surface area contributed by atoms with Gasteiger partial charge in [-0.25, -0.2) is 9.79 Å². The van der Waals surface area contributed by atoms with Gasteiger partial charge in [-0.1, -0.05) is 41.2 Å². The third-order valence-corrected chi connectivity index (χ3v) is 7.28. The lowest BCUT2D eigenvalue weighted by Gasteiger charge is -2.24. The summed E-state index contributed by atoms with van der Waals surface area (Å²) in [4.78, 5) is 31.6. The molecule has 0 saturated carbocycles. The molecule has 0 unspecified atom stereocenters. The van der Waals surface area contributed by atoms with Gasteiger partial charge >= 0.3 is 5.97 Å². The van der Waals surface area contributed by atoms with Crippen molar-refractivity contribution in [2.45, 2.75) is 26.8 Å². The summed E-state index contributed by atoms with van der Waals surface area (Å²) in [7, 11) is 1.48. The van der Waals surface area contributed by atoms with Crippen molar-refractivity contribution in [1.82, 2.24) is 4.57 Å². The maximum absolute atomic E-state index is 13.6.